The monoisotopic (exact) mass is 447 g/mol. The fraction of sp³-hybridized carbons (Fsp3) is 0.810. The summed E-state index contributed by atoms with van der Waals surface area (Å²) in [4.78, 5) is 50.6. The molecule has 176 valence electrons. The molecule has 1 aliphatic heterocycles. The topological polar surface area (TPSA) is 95.6 Å². The molecule has 1 heterocycles. The molecule has 2 N–H and O–H groups in total. The first-order valence-electron chi connectivity index (χ1n) is 10.4. The molecule has 0 spiro atoms. The first-order valence-corrected chi connectivity index (χ1v) is 10.4. The van der Waals surface area contributed by atoms with Crippen LogP contribution in [0, 0.1) is 28.6 Å². The van der Waals surface area contributed by atoms with Gasteiger partial charge in [0.05, 0.1) is 6.04 Å². The Morgan fingerprint density at radius 3 is 2.06 bits per heavy atom. The van der Waals surface area contributed by atoms with Gasteiger partial charge in [-0.2, -0.15) is 13.2 Å². The lowest BCUT2D eigenvalue weighted by Gasteiger charge is -2.38. The zero-order valence-electron chi connectivity index (χ0n) is 19.0. The second kappa shape index (κ2) is 8.09. The molecule has 2 fully saturated rings. The highest BCUT2D eigenvalue weighted by Crippen LogP contribution is 2.65. The summed E-state index contributed by atoms with van der Waals surface area (Å²) in [6, 6.07) is -3.13. The van der Waals surface area contributed by atoms with Crippen LogP contribution in [0.5, 0.6) is 0 Å². The van der Waals surface area contributed by atoms with Crippen LogP contribution < -0.4 is 10.6 Å². The molecule has 0 aromatic carbocycles. The normalized spacial score (nSPS) is 26.7. The first kappa shape index (κ1) is 25.1. The predicted octanol–water partition coefficient (Wildman–Crippen LogP) is 1.90. The van der Waals surface area contributed by atoms with Crippen molar-refractivity contribution >= 4 is 24.0 Å². The van der Waals surface area contributed by atoms with Crippen LogP contribution in [0.25, 0.3) is 0 Å². The van der Waals surface area contributed by atoms with E-state index in [4.69, 9.17) is 0 Å². The highest BCUT2D eigenvalue weighted by molar-refractivity contribution is 5.95. The number of hydrogen-bond donors (Lipinski definition) is 2. The van der Waals surface area contributed by atoms with Crippen molar-refractivity contribution in [3.8, 4) is 0 Å². The molecule has 0 aromatic rings. The number of fused-ring (bicyclic) bond motifs is 1. The van der Waals surface area contributed by atoms with Crippen molar-refractivity contribution < 1.29 is 32.3 Å². The maximum absolute atomic E-state index is 13.3. The predicted molar refractivity (Wildman–Crippen MR) is 107 cm³/mol. The van der Waals surface area contributed by atoms with Gasteiger partial charge in [0.2, 0.25) is 11.8 Å². The molecule has 0 bridgehead atoms. The highest BCUT2D eigenvalue weighted by atomic mass is 19.4. The number of carbonyl (C=O) groups excluding carboxylic acids is 4. The fourth-order valence-electron chi connectivity index (χ4n) is 4.45. The lowest BCUT2D eigenvalue weighted by atomic mass is 9.85. The number of amides is 3. The Bertz CT molecular complexity index is 758. The van der Waals surface area contributed by atoms with Gasteiger partial charge >= 0.3 is 12.1 Å². The van der Waals surface area contributed by atoms with E-state index < -0.39 is 47.4 Å². The molecule has 31 heavy (non-hydrogen) atoms. The van der Waals surface area contributed by atoms with Gasteiger partial charge in [-0.05, 0) is 28.6 Å². The Morgan fingerprint density at radius 1 is 1.10 bits per heavy atom. The number of halogens is 3. The van der Waals surface area contributed by atoms with Crippen LogP contribution in [0.4, 0.5) is 13.2 Å². The number of nitrogens with zero attached hydrogens (tertiary/aromatic N) is 1. The molecule has 1 unspecified atom stereocenters. The number of carbonyl (C=O) groups is 4. The van der Waals surface area contributed by atoms with E-state index in [0.717, 1.165) is 0 Å². The van der Waals surface area contributed by atoms with Gasteiger partial charge in [0.15, 0.2) is 0 Å². The smallest absolute Gasteiger partial charge is 0.345 e. The van der Waals surface area contributed by atoms with Crippen molar-refractivity contribution in [2.24, 2.45) is 28.6 Å². The number of likely N-dealkylation sites (tertiary alicyclic amines) is 1. The van der Waals surface area contributed by atoms with Gasteiger partial charge in [-0.1, -0.05) is 48.5 Å². The van der Waals surface area contributed by atoms with E-state index in [9.17, 15) is 32.3 Å². The lowest BCUT2D eigenvalue weighted by Crippen LogP contribution is -2.61. The third-order valence-electron chi connectivity index (χ3n) is 6.58. The van der Waals surface area contributed by atoms with Gasteiger partial charge in [0.25, 0.3) is 0 Å². The van der Waals surface area contributed by atoms with Gasteiger partial charge in [-0.3, -0.25) is 14.4 Å². The largest absolute Gasteiger partial charge is 0.471 e. The van der Waals surface area contributed by atoms with E-state index in [2.05, 4.69) is 5.32 Å². The third kappa shape index (κ3) is 4.87. The molecule has 2 aliphatic rings. The Kier molecular flexibility index (Phi) is 6.56. The Labute approximate surface area is 180 Å². The molecule has 3 amide bonds. The molecule has 1 saturated heterocycles. The minimum absolute atomic E-state index is 0.0138. The zero-order chi connectivity index (χ0) is 24.1. The standard InChI is InChI=1S/C21H32F3N3O4/c1-10(2)12(9-28)25-16(29)14-13-11(20(13,6)7)8-27(14)17(30)15(19(3,4)5)26-18(31)21(22,23)24/h9-15H,8H2,1-7H3,(H,25,29)(H,26,31)/t11-,12?,13-,14-,15+/m0/s1. The lowest BCUT2D eigenvalue weighted by molar-refractivity contribution is -0.176. The van der Waals surface area contributed by atoms with Crippen LogP contribution in [0.3, 0.4) is 0 Å². The van der Waals surface area contributed by atoms with Crippen LogP contribution in [0.1, 0.15) is 48.5 Å². The number of nitrogens with one attached hydrogen (secondary N) is 2. The van der Waals surface area contributed by atoms with Crippen molar-refractivity contribution in [3.63, 3.8) is 0 Å². The molecule has 7 nitrogen and oxygen atoms in total. The summed E-state index contributed by atoms with van der Waals surface area (Å²) in [5, 5.41) is 4.47. The minimum atomic E-state index is -5.13. The van der Waals surface area contributed by atoms with Crippen molar-refractivity contribution in [3.05, 3.63) is 0 Å². The van der Waals surface area contributed by atoms with Gasteiger partial charge in [0.1, 0.15) is 18.4 Å². The summed E-state index contributed by atoms with van der Waals surface area (Å²) >= 11 is 0. The van der Waals surface area contributed by atoms with Crippen LogP contribution in [0.15, 0.2) is 0 Å². The average molecular weight is 447 g/mol. The summed E-state index contributed by atoms with van der Waals surface area (Å²) in [6.07, 6.45) is -4.51. The number of aldehydes is 1. The van der Waals surface area contributed by atoms with Crippen molar-refractivity contribution in [1.82, 2.24) is 15.5 Å². The number of rotatable bonds is 6. The highest BCUT2D eigenvalue weighted by Gasteiger charge is 2.70. The average Bonchev–Trinajstić information content (AvgIpc) is 2.97. The second-order valence-electron chi connectivity index (χ2n) is 10.6. The third-order valence-corrected chi connectivity index (χ3v) is 6.58. The molecule has 0 aromatic heterocycles. The zero-order valence-corrected chi connectivity index (χ0v) is 19.0. The van der Waals surface area contributed by atoms with E-state index in [1.807, 2.05) is 19.2 Å². The van der Waals surface area contributed by atoms with Gasteiger partial charge in [-0.15, -0.1) is 0 Å². The molecule has 0 radical (unpaired) electrons. The summed E-state index contributed by atoms with van der Waals surface area (Å²) in [5.74, 6) is -3.77. The molecule has 1 aliphatic carbocycles. The Hall–Kier alpha value is -2.13. The number of piperidine rings is 1. The molecule has 5 atom stereocenters. The first-order chi connectivity index (χ1) is 13.9. The minimum Gasteiger partial charge on any atom is -0.345 e. The van der Waals surface area contributed by atoms with Gasteiger partial charge in [0, 0.05) is 6.54 Å². The molecular weight excluding hydrogens is 415 g/mol. The van der Waals surface area contributed by atoms with Crippen molar-refractivity contribution in [1.29, 1.82) is 0 Å². The summed E-state index contributed by atoms with van der Waals surface area (Å²) in [6.45, 7) is 12.3. The maximum Gasteiger partial charge on any atom is 0.471 e. The summed E-state index contributed by atoms with van der Waals surface area (Å²) in [7, 11) is 0. The maximum atomic E-state index is 13.3. The van der Waals surface area contributed by atoms with E-state index in [1.54, 1.807) is 34.6 Å². The van der Waals surface area contributed by atoms with Crippen molar-refractivity contribution in [2.75, 3.05) is 6.54 Å². The molecule has 2 rings (SSSR count). The van der Waals surface area contributed by atoms with E-state index in [-0.39, 0.29) is 29.7 Å². The summed E-state index contributed by atoms with van der Waals surface area (Å²) in [5.41, 5.74) is -1.23. The van der Waals surface area contributed by atoms with E-state index >= 15 is 0 Å². The van der Waals surface area contributed by atoms with Crippen molar-refractivity contribution in [2.45, 2.75) is 72.8 Å². The SMILES string of the molecule is CC(C)C(C=O)NC(=O)[C@@H]1[C@@H]2[C@H](CN1C(=O)[C@@H](NC(=O)C(F)(F)F)C(C)(C)C)C2(C)C. The molecule has 1 saturated carbocycles. The van der Waals surface area contributed by atoms with Crippen LogP contribution in [0.2, 0.25) is 0 Å². The van der Waals surface area contributed by atoms with Crippen LogP contribution in [-0.4, -0.2) is 59.8 Å². The van der Waals surface area contributed by atoms with E-state index in [0.29, 0.717) is 6.29 Å². The number of alkyl halides is 3. The Morgan fingerprint density at radius 2 is 1.65 bits per heavy atom. The van der Waals surface area contributed by atoms with Crippen LogP contribution in [-0.2, 0) is 19.2 Å². The second-order valence-corrected chi connectivity index (χ2v) is 10.6. The Balaban J connectivity index is 2.32. The van der Waals surface area contributed by atoms with Crippen LogP contribution >= 0.6 is 0 Å². The summed E-state index contributed by atoms with van der Waals surface area (Å²) < 4.78 is 38.5. The quantitative estimate of drug-likeness (QED) is 0.608. The van der Waals surface area contributed by atoms with Gasteiger partial charge < -0.3 is 20.3 Å². The number of hydrogen-bond acceptors (Lipinski definition) is 4. The molecular formula is C21H32F3N3O4. The fourth-order valence-corrected chi connectivity index (χ4v) is 4.45. The molecule has 10 heteroatoms. The van der Waals surface area contributed by atoms with E-state index in [1.165, 1.54) is 4.90 Å². The van der Waals surface area contributed by atoms with Gasteiger partial charge in [-0.25, -0.2) is 0 Å².